The number of hydrogen-bond acceptors (Lipinski definition) is 3. The largest absolute Gasteiger partial charge is 0.350 e. The smallest absolute Gasteiger partial charge is 0.330 e. The predicted octanol–water partition coefficient (Wildman–Crippen LogP) is -0.662. The standard InChI is InChI=1S/C6H8IN5O2/c1-12-4(7)3(2-9-12)5(13)10-11-6(8)14/h2H,1H3,(H,10,13)(H3,8,11,14). The molecule has 0 saturated heterocycles. The van der Waals surface area contributed by atoms with Gasteiger partial charge in [0.15, 0.2) is 0 Å². The SMILES string of the molecule is Cn1ncc(C(=O)NNC(N)=O)c1I. The number of urea groups is 1. The number of amides is 3. The van der Waals surface area contributed by atoms with E-state index in [1.807, 2.05) is 28.0 Å². The second kappa shape index (κ2) is 4.26. The minimum Gasteiger partial charge on any atom is -0.350 e. The molecule has 1 aromatic heterocycles. The number of nitrogens with two attached hydrogens (primary N) is 1. The highest BCUT2D eigenvalue weighted by molar-refractivity contribution is 14.1. The van der Waals surface area contributed by atoms with E-state index in [2.05, 4.69) is 10.5 Å². The molecule has 0 aliphatic rings. The van der Waals surface area contributed by atoms with Crippen LogP contribution in [-0.2, 0) is 7.05 Å². The minimum absolute atomic E-state index is 0.377. The third-order valence-electron chi connectivity index (χ3n) is 1.41. The summed E-state index contributed by atoms with van der Waals surface area (Å²) < 4.78 is 2.21. The van der Waals surface area contributed by atoms with Gasteiger partial charge >= 0.3 is 6.03 Å². The maximum Gasteiger partial charge on any atom is 0.330 e. The molecule has 3 amide bonds. The zero-order valence-corrected chi connectivity index (χ0v) is 9.40. The molecule has 0 aromatic carbocycles. The van der Waals surface area contributed by atoms with Crippen molar-refractivity contribution in [2.24, 2.45) is 12.8 Å². The summed E-state index contributed by atoms with van der Waals surface area (Å²) in [7, 11) is 1.71. The van der Waals surface area contributed by atoms with Crippen LogP contribution in [0, 0.1) is 3.70 Å². The van der Waals surface area contributed by atoms with Crippen LogP contribution in [0.2, 0.25) is 0 Å². The Hall–Kier alpha value is -1.32. The second-order valence-corrected chi connectivity index (χ2v) is 3.44. The van der Waals surface area contributed by atoms with Crippen molar-refractivity contribution in [1.82, 2.24) is 20.6 Å². The third-order valence-corrected chi connectivity index (χ3v) is 2.69. The van der Waals surface area contributed by atoms with E-state index in [0.29, 0.717) is 9.26 Å². The van der Waals surface area contributed by atoms with Crippen LogP contribution in [-0.4, -0.2) is 21.7 Å². The summed E-state index contributed by atoms with van der Waals surface area (Å²) in [5.41, 5.74) is 9.26. The molecule has 4 N–H and O–H groups in total. The van der Waals surface area contributed by atoms with Crippen LogP contribution in [0.1, 0.15) is 10.4 Å². The highest BCUT2D eigenvalue weighted by Gasteiger charge is 2.13. The van der Waals surface area contributed by atoms with Crippen LogP contribution in [0.5, 0.6) is 0 Å². The zero-order chi connectivity index (χ0) is 10.7. The fourth-order valence-electron chi connectivity index (χ4n) is 0.761. The van der Waals surface area contributed by atoms with Crippen LogP contribution >= 0.6 is 22.6 Å². The van der Waals surface area contributed by atoms with Crippen molar-refractivity contribution < 1.29 is 9.59 Å². The van der Waals surface area contributed by atoms with Crippen LogP contribution in [0.3, 0.4) is 0 Å². The molecule has 0 atom stereocenters. The number of aromatic nitrogens is 2. The van der Waals surface area contributed by atoms with Gasteiger partial charge in [-0.15, -0.1) is 0 Å². The summed E-state index contributed by atoms with van der Waals surface area (Å²) in [6.07, 6.45) is 1.40. The lowest BCUT2D eigenvalue weighted by Crippen LogP contribution is -2.44. The molecular weight excluding hydrogens is 301 g/mol. The molecule has 0 aliphatic heterocycles. The maximum atomic E-state index is 11.3. The van der Waals surface area contributed by atoms with E-state index >= 15 is 0 Å². The van der Waals surface area contributed by atoms with Crippen molar-refractivity contribution in [2.75, 3.05) is 0 Å². The topological polar surface area (TPSA) is 102 Å². The Morgan fingerprint density at radius 3 is 2.64 bits per heavy atom. The van der Waals surface area contributed by atoms with Gasteiger partial charge in [0.05, 0.1) is 11.8 Å². The average Bonchev–Trinajstić information content (AvgIpc) is 2.44. The number of halogens is 1. The van der Waals surface area contributed by atoms with Crippen LogP contribution in [0.25, 0.3) is 0 Å². The van der Waals surface area contributed by atoms with E-state index in [1.165, 1.54) is 6.20 Å². The molecule has 7 nitrogen and oxygen atoms in total. The molecule has 0 unspecified atom stereocenters. The molecule has 0 bridgehead atoms. The fraction of sp³-hybridized carbons (Fsp3) is 0.167. The van der Waals surface area contributed by atoms with Crippen molar-refractivity contribution in [3.63, 3.8) is 0 Å². The van der Waals surface area contributed by atoms with E-state index in [4.69, 9.17) is 5.73 Å². The summed E-state index contributed by atoms with van der Waals surface area (Å²) in [5.74, 6) is -0.457. The number of nitrogens with one attached hydrogen (secondary N) is 2. The van der Waals surface area contributed by atoms with Gasteiger partial charge in [-0.2, -0.15) is 5.10 Å². The highest BCUT2D eigenvalue weighted by atomic mass is 127. The zero-order valence-electron chi connectivity index (χ0n) is 7.24. The Morgan fingerprint density at radius 2 is 2.21 bits per heavy atom. The van der Waals surface area contributed by atoms with Gasteiger partial charge in [0.2, 0.25) is 0 Å². The first-order valence-corrected chi connectivity index (χ1v) is 4.63. The Labute approximate surface area is 93.1 Å². The molecule has 0 saturated carbocycles. The molecule has 14 heavy (non-hydrogen) atoms. The number of hydrazine groups is 1. The number of primary amides is 1. The lowest BCUT2D eigenvalue weighted by atomic mass is 10.3. The predicted molar refractivity (Wildman–Crippen MR) is 56.1 cm³/mol. The van der Waals surface area contributed by atoms with E-state index in [-0.39, 0.29) is 0 Å². The molecule has 0 radical (unpaired) electrons. The second-order valence-electron chi connectivity index (χ2n) is 2.42. The molecule has 0 fully saturated rings. The van der Waals surface area contributed by atoms with Gasteiger partial charge in [0.1, 0.15) is 3.70 Å². The summed E-state index contributed by atoms with van der Waals surface area (Å²) in [6, 6.07) is -0.822. The molecule has 0 spiro atoms. The third kappa shape index (κ3) is 2.34. The Kier molecular flexibility index (Phi) is 3.28. The number of hydrogen-bond donors (Lipinski definition) is 3. The van der Waals surface area contributed by atoms with Crippen molar-refractivity contribution in [1.29, 1.82) is 0 Å². The van der Waals surface area contributed by atoms with E-state index < -0.39 is 11.9 Å². The first kappa shape index (κ1) is 10.8. The number of aryl methyl sites for hydroxylation is 1. The monoisotopic (exact) mass is 309 g/mol. The molecule has 1 aromatic rings. The average molecular weight is 309 g/mol. The van der Waals surface area contributed by atoms with Crippen LogP contribution < -0.4 is 16.6 Å². The minimum atomic E-state index is -0.822. The van der Waals surface area contributed by atoms with Gasteiger partial charge in [-0.1, -0.05) is 0 Å². The van der Waals surface area contributed by atoms with Crippen LogP contribution in [0.4, 0.5) is 4.79 Å². The fourth-order valence-corrected chi connectivity index (χ4v) is 1.27. The van der Waals surface area contributed by atoms with Gasteiger partial charge < -0.3 is 5.73 Å². The number of carbonyl (C=O) groups excluding carboxylic acids is 2. The molecular formula is C6H8IN5O2. The lowest BCUT2D eigenvalue weighted by Gasteiger charge is -2.02. The molecule has 1 heterocycles. The highest BCUT2D eigenvalue weighted by Crippen LogP contribution is 2.09. The van der Waals surface area contributed by atoms with Crippen molar-refractivity contribution >= 4 is 34.5 Å². The van der Waals surface area contributed by atoms with E-state index in [9.17, 15) is 9.59 Å². The summed E-state index contributed by atoms with van der Waals surface area (Å²) in [4.78, 5) is 21.6. The molecule has 76 valence electrons. The Morgan fingerprint density at radius 1 is 1.57 bits per heavy atom. The molecule has 1 rings (SSSR count). The number of rotatable bonds is 1. The van der Waals surface area contributed by atoms with Crippen molar-refractivity contribution in [3.05, 3.63) is 15.5 Å². The number of nitrogens with zero attached hydrogens (tertiary/aromatic N) is 2. The first-order chi connectivity index (χ1) is 6.52. The lowest BCUT2D eigenvalue weighted by molar-refractivity contribution is 0.0936. The van der Waals surface area contributed by atoms with Gasteiger partial charge in [-0.05, 0) is 22.6 Å². The van der Waals surface area contributed by atoms with Gasteiger partial charge in [0, 0.05) is 7.05 Å². The number of carbonyl (C=O) groups is 2. The van der Waals surface area contributed by atoms with Crippen molar-refractivity contribution in [3.8, 4) is 0 Å². The Balaban J connectivity index is 2.70. The summed E-state index contributed by atoms with van der Waals surface area (Å²) in [6.45, 7) is 0. The molecule has 8 heteroatoms. The van der Waals surface area contributed by atoms with E-state index in [0.717, 1.165) is 0 Å². The van der Waals surface area contributed by atoms with Crippen LogP contribution in [0.15, 0.2) is 6.20 Å². The maximum absolute atomic E-state index is 11.3. The molecule has 0 aliphatic carbocycles. The summed E-state index contributed by atoms with van der Waals surface area (Å²) in [5, 5.41) is 3.87. The summed E-state index contributed by atoms with van der Waals surface area (Å²) >= 11 is 1.97. The van der Waals surface area contributed by atoms with Crippen molar-refractivity contribution in [2.45, 2.75) is 0 Å². The van der Waals surface area contributed by atoms with E-state index in [1.54, 1.807) is 11.7 Å². The normalized spacial score (nSPS) is 9.57. The first-order valence-electron chi connectivity index (χ1n) is 3.55. The van der Waals surface area contributed by atoms with Gasteiger partial charge in [0.25, 0.3) is 5.91 Å². The van der Waals surface area contributed by atoms with Gasteiger partial charge in [-0.25, -0.2) is 10.2 Å². The quantitative estimate of drug-likeness (QED) is 0.474. The Bertz CT molecular complexity index is 374. The van der Waals surface area contributed by atoms with Gasteiger partial charge in [-0.3, -0.25) is 14.9 Å².